The van der Waals surface area contributed by atoms with E-state index in [4.69, 9.17) is 16.3 Å². The molecule has 0 aliphatic carbocycles. The van der Waals surface area contributed by atoms with E-state index in [-0.39, 0.29) is 11.5 Å². The first-order valence-electron chi connectivity index (χ1n) is 13.0. The highest BCUT2D eigenvalue weighted by Gasteiger charge is 2.45. The number of ether oxygens (including phenoxy) is 1. The van der Waals surface area contributed by atoms with E-state index in [0.29, 0.717) is 16.3 Å². The third-order valence-corrected chi connectivity index (χ3v) is 6.71. The standard InChI is InChI=1S/C29H35ClF3N3O5/c1-15(2)22(18-7-11-20(30)12-8-18)27(39)34-17(5)26(38)36-24(19-9-13-21(41-6)14-10-19)28(40)35-23(16(3)4)25(37)29(31,32)33/h7-17,22-24H,1-6H3,(H,34,39)(H,35,40)(H,36,38). The summed E-state index contributed by atoms with van der Waals surface area (Å²) in [6.07, 6.45) is -5.17. The Kier molecular flexibility index (Phi) is 11.8. The second-order valence-corrected chi connectivity index (χ2v) is 10.7. The fraction of sp³-hybridized carbons (Fsp3) is 0.448. The molecular formula is C29H35ClF3N3O5. The van der Waals surface area contributed by atoms with Crippen LogP contribution in [0.1, 0.15) is 57.7 Å². The molecule has 4 atom stereocenters. The first-order valence-corrected chi connectivity index (χ1v) is 13.4. The number of carbonyl (C=O) groups excluding carboxylic acids is 4. The van der Waals surface area contributed by atoms with E-state index >= 15 is 0 Å². The van der Waals surface area contributed by atoms with Crippen LogP contribution in [0.15, 0.2) is 48.5 Å². The number of hydrogen-bond donors (Lipinski definition) is 3. The quantitative estimate of drug-likeness (QED) is 0.328. The van der Waals surface area contributed by atoms with Gasteiger partial charge in [0.25, 0.3) is 5.78 Å². The van der Waals surface area contributed by atoms with Crippen LogP contribution in [0.5, 0.6) is 5.75 Å². The Hall–Kier alpha value is -3.60. The molecule has 224 valence electrons. The SMILES string of the molecule is COc1ccc(C(NC(=O)C(C)NC(=O)C(c2ccc(Cl)cc2)C(C)C)C(=O)NC(C(=O)C(F)(F)F)C(C)C)cc1. The van der Waals surface area contributed by atoms with Crippen LogP contribution in [0, 0.1) is 11.8 Å². The maximum atomic E-state index is 13.3. The highest BCUT2D eigenvalue weighted by atomic mass is 35.5. The molecule has 2 aromatic rings. The maximum Gasteiger partial charge on any atom is 0.452 e. The molecule has 0 heterocycles. The number of ketones is 1. The Balaban J connectivity index is 2.30. The number of methoxy groups -OCH3 is 1. The van der Waals surface area contributed by atoms with Crippen LogP contribution in [-0.4, -0.2) is 48.9 Å². The molecule has 8 nitrogen and oxygen atoms in total. The summed E-state index contributed by atoms with van der Waals surface area (Å²) in [5.74, 6) is -5.54. The Morgan fingerprint density at radius 3 is 1.73 bits per heavy atom. The molecule has 0 bridgehead atoms. The number of halogens is 4. The van der Waals surface area contributed by atoms with Crippen LogP contribution < -0.4 is 20.7 Å². The molecule has 2 aromatic carbocycles. The zero-order valence-electron chi connectivity index (χ0n) is 23.6. The van der Waals surface area contributed by atoms with Gasteiger partial charge in [-0.3, -0.25) is 19.2 Å². The first kappa shape index (κ1) is 33.6. The van der Waals surface area contributed by atoms with Gasteiger partial charge in [-0.25, -0.2) is 0 Å². The van der Waals surface area contributed by atoms with Gasteiger partial charge in [-0.1, -0.05) is 63.6 Å². The molecular weight excluding hydrogens is 563 g/mol. The number of benzene rings is 2. The van der Waals surface area contributed by atoms with E-state index in [1.807, 2.05) is 13.8 Å². The van der Waals surface area contributed by atoms with Crippen LogP contribution in [-0.2, 0) is 19.2 Å². The summed E-state index contributed by atoms with van der Waals surface area (Å²) < 4.78 is 44.7. The second kappa shape index (κ2) is 14.3. The summed E-state index contributed by atoms with van der Waals surface area (Å²) >= 11 is 5.96. The fourth-order valence-electron chi connectivity index (χ4n) is 4.19. The van der Waals surface area contributed by atoms with Crippen LogP contribution in [0.4, 0.5) is 13.2 Å². The van der Waals surface area contributed by atoms with Crippen molar-refractivity contribution < 1.29 is 37.1 Å². The van der Waals surface area contributed by atoms with Crippen molar-refractivity contribution in [3.05, 3.63) is 64.7 Å². The molecule has 0 aliphatic heterocycles. The van der Waals surface area contributed by atoms with Crippen molar-refractivity contribution in [2.24, 2.45) is 11.8 Å². The largest absolute Gasteiger partial charge is 0.497 e. The summed E-state index contributed by atoms with van der Waals surface area (Å²) in [6.45, 7) is 7.83. The van der Waals surface area contributed by atoms with Gasteiger partial charge in [0.2, 0.25) is 17.7 Å². The van der Waals surface area contributed by atoms with Crippen molar-refractivity contribution >= 4 is 35.1 Å². The molecule has 0 fully saturated rings. The van der Waals surface area contributed by atoms with Gasteiger partial charge in [-0.2, -0.15) is 13.2 Å². The van der Waals surface area contributed by atoms with Gasteiger partial charge in [0.15, 0.2) is 0 Å². The van der Waals surface area contributed by atoms with E-state index in [1.165, 1.54) is 52.1 Å². The van der Waals surface area contributed by atoms with Gasteiger partial charge in [-0.15, -0.1) is 0 Å². The Morgan fingerprint density at radius 2 is 1.27 bits per heavy atom. The second-order valence-electron chi connectivity index (χ2n) is 10.3. The van der Waals surface area contributed by atoms with Crippen molar-refractivity contribution in [3.8, 4) is 5.75 Å². The summed E-state index contributed by atoms with van der Waals surface area (Å²) in [7, 11) is 1.43. The van der Waals surface area contributed by atoms with E-state index in [9.17, 15) is 32.3 Å². The van der Waals surface area contributed by atoms with Gasteiger partial charge in [-0.05, 0) is 54.2 Å². The van der Waals surface area contributed by atoms with Gasteiger partial charge >= 0.3 is 6.18 Å². The lowest BCUT2D eigenvalue weighted by Crippen LogP contribution is -2.54. The molecule has 0 saturated heterocycles. The third kappa shape index (κ3) is 9.21. The number of Topliss-reactive ketones (excluding diaryl/α,β-unsaturated/α-hetero) is 1. The van der Waals surface area contributed by atoms with Crippen LogP contribution in [0.25, 0.3) is 0 Å². The topological polar surface area (TPSA) is 114 Å². The minimum absolute atomic E-state index is 0.136. The molecule has 0 saturated carbocycles. The average molecular weight is 598 g/mol. The number of alkyl halides is 3. The molecule has 0 spiro atoms. The minimum Gasteiger partial charge on any atom is -0.497 e. The molecule has 4 unspecified atom stereocenters. The molecule has 12 heteroatoms. The normalized spacial score (nSPS) is 14.5. The van der Waals surface area contributed by atoms with Crippen molar-refractivity contribution in [2.75, 3.05) is 7.11 Å². The lowest BCUT2D eigenvalue weighted by molar-refractivity contribution is -0.175. The Bertz CT molecular complexity index is 1220. The summed E-state index contributed by atoms with van der Waals surface area (Å²) in [4.78, 5) is 51.6. The lowest BCUT2D eigenvalue weighted by atomic mass is 9.87. The van der Waals surface area contributed by atoms with Crippen molar-refractivity contribution in [1.29, 1.82) is 0 Å². The highest BCUT2D eigenvalue weighted by Crippen LogP contribution is 2.27. The molecule has 3 amide bonds. The van der Waals surface area contributed by atoms with E-state index in [2.05, 4.69) is 16.0 Å². The lowest BCUT2D eigenvalue weighted by Gasteiger charge is -2.27. The molecule has 0 radical (unpaired) electrons. The van der Waals surface area contributed by atoms with Crippen molar-refractivity contribution in [2.45, 2.75) is 64.8 Å². The molecule has 0 aromatic heterocycles. The number of amides is 3. The predicted octanol–water partition coefficient (Wildman–Crippen LogP) is 4.72. The monoisotopic (exact) mass is 597 g/mol. The van der Waals surface area contributed by atoms with Gasteiger partial charge in [0.05, 0.1) is 19.1 Å². The third-order valence-electron chi connectivity index (χ3n) is 6.45. The molecule has 2 rings (SSSR count). The zero-order valence-corrected chi connectivity index (χ0v) is 24.4. The predicted molar refractivity (Wildman–Crippen MR) is 148 cm³/mol. The van der Waals surface area contributed by atoms with Crippen molar-refractivity contribution in [1.82, 2.24) is 16.0 Å². The van der Waals surface area contributed by atoms with E-state index < -0.39 is 59.6 Å². The molecule has 3 N–H and O–H groups in total. The fourth-order valence-corrected chi connectivity index (χ4v) is 4.32. The van der Waals surface area contributed by atoms with Crippen LogP contribution >= 0.6 is 11.6 Å². The van der Waals surface area contributed by atoms with Crippen LogP contribution in [0.3, 0.4) is 0 Å². The Labute approximate surface area is 242 Å². The van der Waals surface area contributed by atoms with Gasteiger partial charge < -0.3 is 20.7 Å². The smallest absolute Gasteiger partial charge is 0.452 e. The Morgan fingerprint density at radius 1 is 0.732 bits per heavy atom. The van der Waals surface area contributed by atoms with Crippen LogP contribution in [0.2, 0.25) is 5.02 Å². The minimum atomic E-state index is -5.17. The summed E-state index contributed by atoms with van der Waals surface area (Å²) in [5, 5.41) is 7.79. The zero-order chi connectivity index (χ0) is 31.1. The molecule has 0 aliphatic rings. The highest BCUT2D eigenvalue weighted by molar-refractivity contribution is 6.30. The number of rotatable bonds is 12. The maximum absolute atomic E-state index is 13.3. The van der Waals surface area contributed by atoms with E-state index in [0.717, 1.165) is 0 Å². The summed E-state index contributed by atoms with van der Waals surface area (Å²) in [6, 6.07) is 8.20. The molecule has 41 heavy (non-hydrogen) atoms. The first-order chi connectivity index (χ1) is 19.1. The summed E-state index contributed by atoms with van der Waals surface area (Å²) in [5.41, 5.74) is 0.914. The van der Waals surface area contributed by atoms with E-state index in [1.54, 1.807) is 24.3 Å². The number of hydrogen-bond acceptors (Lipinski definition) is 5. The number of nitrogens with one attached hydrogen (secondary N) is 3. The van der Waals surface area contributed by atoms with Gasteiger partial charge in [0, 0.05) is 5.02 Å². The van der Waals surface area contributed by atoms with Crippen molar-refractivity contribution in [3.63, 3.8) is 0 Å². The van der Waals surface area contributed by atoms with Gasteiger partial charge in [0.1, 0.15) is 17.8 Å². The number of carbonyl (C=O) groups is 4. The average Bonchev–Trinajstić information content (AvgIpc) is 2.90.